The molecule has 1 aromatic heterocycles. The van der Waals surface area contributed by atoms with Crippen LogP contribution in [0.5, 0.6) is 0 Å². The summed E-state index contributed by atoms with van der Waals surface area (Å²) >= 11 is 0. The molecule has 1 fully saturated rings. The highest BCUT2D eigenvalue weighted by atomic mass is 16.3. The third-order valence-corrected chi connectivity index (χ3v) is 2.94. The van der Waals surface area contributed by atoms with Gasteiger partial charge in [0.2, 0.25) is 0 Å². The molecule has 2 heterocycles. The van der Waals surface area contributed by atoms with E-state index in [-0.39, 0.29) is 6.10 Å². The van der Waals surface area contributed by atoms with Crippen molar-refractivity contribution in [2.24, 2.45) is 5.92 Å². The molecule has 0 radical (unpaired) electrons. The molecule has 0 bridgehead atoms. The number of rotatable bonds is 1. The SMILES string of the molecule is CC1CN(c2cccc(N)n2)CCC1O. The lowest BCUT2D eigenvalue weighted by atomic mass is 9.97. The first kappa shape index (κ1) is 10.2. The van der Waals surface area contributed by atoms with Gasteiger partial charge in [-0.15, -0.1) is 0 Å². The normalized spacial score (nSPS) is 26.7. The topological polar surface area (TPSA) is 62.4 Å². The average Bonchev–Trinajstić information content (AvgIpc) is 2.22. The van der Waals surface area contributed by atoms with Gasteiger partial charge in [0.1, 0.15) is 11.6 Å². The number of piperidine rings is 1. The van der Waals surface area contributed by atoms with Crippen LogP contribution in [0.2, 0.25) is 0 Å². The lowest BCUT2D eigenvalue weighted by Crippen LogP contribution is -2.42. The van der Waals surface area contributed by atoms with E-state index in [1.165, 1.54) is 0 Å². The molecule has 2 rings (SSSR count). The van der Waals surface area contributed by atoms with Gasteiger partial charge >= 0.3 is 0 Å². The molecule has 0 aromatic carbocycles. The van der Waals surface area contributed by atoms with Gasteiger partial charge in [0.25, 0.3) is 0 Å². The number of nitrogens with two attached hydrogens (primary N) is 1. The van der Waals surface area contributed by atoms with Gasteiger partial charge in [-0.3, -0.25) is 0 Å². The second kappa shape index (κ2) is 4.06. The highest BCUT2D eigenvalue weighted by Crippen LogP contribution is 2.22. The van der Waals surface area contributed by atoms with Crippen molar-refractivity contribution in [1.29, 1.82) is 0 Å². The van der Waals surface area contributed by atoms with Crippen LogP contribution in [0.1, 0.15) is 13.3 Å². The highest BCUT2D eigenvalue weighted by Gasteiger charge is 2.24. The fourth-order valence-corrected chi connectivity index (χ4v) is 1.96. The molecule has 82 valence electrons. The van der Waals surface area contributed by atoms with Crippen molar-refractivity contribution in [2.75, 3.05) is 23.7 Å². The Hall–Kier alpha value is -1.29. The summed E-state index contributed by atoms with van der Waals surface area (Å²) in [6, 6.07) is 5.65. The van der Waals surface area contributed by atoms with Crippen molar-refractivity contribution in [3.05, 3.63) is 18.2 Å². The number of nitrogens with zero attached hydrogens (tertiary/aromatic N) is 2. The molecule has 1 aliphatic heterocycles. The molecular formula is C11H17N3O. The molecule has 1 saturated heterocycles. The van der Waals surface area contributed by atoms with Crippen LogP contribution < -0.4 is 10.6 Å². The molecule has 0 aliphatic carbocycles. The largest absolute Gasteiger partial charge is 0.393 e. The van der Waals surface area contributed by atoms with Gasteiger partial charge in [-0.25, -0.2) is 4.98 Å². The maximum absolute atomic E-state index is 9.63. The lowest BCUT2D eigenvalue weighted by molar-refractivity contribution is 0.0969. The first-order valence-corrected chi connectivity index (χ1v) is 5.32. The van der Waals surface area contributed by atoms with Crippen LogP contribution in [0, 0.1) is 5.92 Å². The van der Waals surface area contributed by atoms with E-state index < -0.39 is 0 Å². The summed E-state index contributed by atoms with van der Waals surface area (Å²) < 4.78 is 0. The van der Waals surface area contributed by atoms with Crippen LogP contribution in [-0.2, 0) is 0 Å². The minimum atomic E-state index is -0.178. The Morgan fingerprint density at radius 3 is 3.00 bits per heavy atom. The van der Waals surface area contributed by atoms with E-state index in [2.05, 4.69) is 16.8 Å². The van der Waals surface area contributed by atoms with Crippen LogP contribution in [-0.4, -0.2) is 29.3 Å². The molecule has 2 atom stereocenters. The lowest BCUT2D eigenvalue weighted by Gasteiger charge is -2.35. The summed E-state index contributed by atoms with van der Waals surface area (Å²) in [6.45, 7) is 3.75. The molecule has 0 spiro atoms. The van der Waals surface area contributed by atoms with E-state index in [4.69, 9.17) is 5.73 Å². The van der Waals surface area contributed by atoms with Crippen LogP contribution in [0.25, 0.3) is 0 Å². The molecule has 2 unspecified atom stereocenters. The van der Waals surface area contributed by atoms with Crippen LogP contribution >= 0.6 is 0 Å². The Morgan fingerprint density at radius 1 is 1.53 bits per heavy atom. The molecule has 15 heavy (non-hydrogen) atoms. The predicted molar refractivity (Wildman–Crippen MR) is 60.7 cm³/mol. The Balaban J connectivity index is 2.12. The zero-order valence-electron chi connectivity index (χ0n) is 8.93. The minimum absolute atomic E-state index is 0.178. The molecular weight excluding hydrogens is 190 g/mol. The summed E-state index contributed by atoms with van der Waals surface area (Å²) in [5.74, 6) is 1.75. The van der Waals surface area contributed by atoms with Gasteiger partial charge in [-0.05, 0) is 24.5 Å². The first-order chi connectivity index (χ1) is 7.16. The number of anilines is 2. The molecule has 1 aromatic rings. The Labute approximate surface area is 89.7 Å². The molecule has 3 N–H and O–H groups in total. The van der Waals surface area contributed by atoms with E-state index in [9.17, 15) is 5.11 Å². The number of aromatic nitrogens is 1. The zero-order chi connectivity index (χ0) is 10.8. The number of pyridine rings is 1. The fraction of sp³-hybridized carbons (Fsp3) is 0.545. The van der Waals surface area contributed by atoms with Crippen molar-refractivity contribution in [1.82, 2.24) is 4.98 Å². The Morgan fingerprint density at radius 2 is 2.33 bits per heavy atom. The van der Waals surface area contributed by atoms with E-state index in [1.807, 2.05) is 12.1 Å². The number of hydrogen-bond donors (Lipinski definition) is 2. The second-order valence-electron chi connectivity index (χ2n) is 4.20. The van der Waals surface area contributed by atoms with Crippen molar-refractivity contribution in [2.45, 2.75) is 19.4 Å². The number of nitrogen functional groups attached to an aromatic ring is 1. The van der Waals surface area contributed by atoms with Crippen molar-refractivity contribution in [3.63, 3.8) is 0 Å². The third-order valence-electron chi connectivity index (χ3n) is 2.94. The van der Waals surface area contributed by atoms with Crippen molar-refractivity contribution < 1.29 is 5.11 Å². The van der Waals surface area contributed by atoms with Crippen molar-refractivity contribution in [3.8, 4) is 0 Å². The van der Waals surface area contributed by atoms with Crippen LogP contribution in [0.15, 0.2) is 18.2 Å². The maximum Gasteiger partial charge on any atom is 0.130 e. The number of aliphatic hydroxyl groups excluding tert-OH is 1. The standard InChI is InChI=1S/C11H17N3O/c1-8-7-14(6-5-9(8)15)11-4-2-3-10(12)13-11/h2-4,8-9,15H,5-7H2,1H3,(H2,12,13). The molecule has 1 aliphatic rings. The molecule has 0 saturated carbocycles. The van der Waals surface area contributed by atoms with Crippen LogP contribution in [0.3, 0.4) is 0 Å². The van der Waals surface area contributed by atoms with E-state index >= 15 is 0 Å². The number of hydrogen-bond acceptors (Lipinski definition) is 4. The second-order valence-corrected chi connectivity index (χ2v) is 4.20. The quantitative estimate of drug-likeness (QED) is 0.717. The Kier molecular flexibility index (Phi) is 2.77. The van der Waals surface area contributed by atoms with E-state index in [0.29, 0.717) is 11.7 Å². The summed E-state index contributed by atoms with van der Waals surface area (Å²) in [5, 5.41) is 9.63. The number of aliphatic hydroxyl groups is 1. The monoisotopic (exact) mass is 207 g/mol. The smallest absolute Gasteiger partial charge is 0.130 e. The first-order valence-electron chi connectivity index (χ1n) is 5.32. The third kappa shape index (κ3) is 2.21. The predicted octanol–water partition coefficient (Wildman–Crippen LogP) is 0.871. The summed E-state index contributed by atoms with van der Waals surface area (Å²) in [6.07, 6.45) is 0.625. The maximum atomic E-state index is 9.63. The molecule has 0 amide bonds. The van der Waals surface area contributed by atoms with Gasteiger partial charge in [-0.2, -0.15) is 0 Å². The zero-order valence-corrected chi connectivity index (χ0v) is 8.93. The van der Waals surface area contributed by atoms with Crippen LogP contribution in [0.4, 0.5) is 11.6 Å². The van der Waals surface area contributed by atoms with E-state index in [0.717, 1.165) is 25.3 Å². The average molecular weight is 207 g/mol. The highest BCUT2D eigenvalue weighted by molar-refractivity contribution is 5.45. The van der Waals surface area contributed by atoms with Gasteiger partial charge in [0, 0.05) is 13.1 Å². The van der Waals surface area contributed by atoms with Gasteiger partial charge < -0.3 is 15.7 Å². The van der Waals surface area contributed by atoms with Gasteiger partial charge in [0.05, 0.1) is 6.10 Å². The van der Waals surface area contributed by atoms with Gasteiger partial charge in [0.15, 0.2) is 0 Å². The summed E-state index contributed by atoms with van der Waals surface area (Å²) in [4.78, 5) is 6.45. The Bertz CT molecular complexity index is 342. The fourth-order valence-electron chi connectivity index (χ4n) is 1.96. The minimum Gasteiger partial charge on any atom is -0.393 e. The molecule has 4 heteroatoms. The molecule has 4 nitrogen and oxygen atoms in total. The van der Waals surface area contributed by atoms with E-state index in [1.54, 1.807) is 6.07 Å². The summed E-state index contributed by atoms with van der Waals surface area (Å²) in [7, 11) is 0. The van der Waals surface area contributed by atoms with Gasteiger partial charge in [-0.1, -0.05) is 13.0 Å². The summed E-state index contributed by atoms with van der Waals surface area (Å²) in [5.41, 5.74) is 5.64. The van der Waals surface area contributed by atoms with Crippen molar-refractivity contribution >= 4 is 11.6 Å².